The highest BCUT2D eigenvalue weighted by atomic mass is 35.5. The van der Waals surface area contributed by atoms with Gasteiger partial charge in [-0.2, -0.15) is 5.10 Å². The Balaban J connectivity index is 1.68. The number of carbonyl (C=O) groups is 1. The van der Waals surface area contributed by atoms with Gasteiger partial charge in [0.1, 0.15) is 0 Å². The zero-order valence-electron chi connectivity index (χ0n) is 14.8. The minimum atomic E-state index is -0.401. The van der Waals surface area contributed by atoms with Crippen molar-refractivity contribution in [2.75, 3.05) is 6.61 Å². The number of hydrogen-bond donors (Lipinski definition) is 1. The second-order valence-electron chi connectivity index (χ2n) is 6.40. The molecule has 2 heterocycles. The highest BCUT2D eigenvalue weighted by Crippen LogP contribution is 2.21. The van der Waals surface area contributed by atoms with Gasteiger partial charge in [0, 0.05) is 35.1 Å². The highest BCUT2D eigenvalue weighted by molar-refractivity contribution is 6.35. The zero-order valence-corrected chi connectivity index (χ0v) is 16.3. The Labute approximate surface area is 162 Å². The smallest absolute Gasteiger partial charge is 0.272 e. The van der Waals surface area contributed by atoms with Crippen molar-refractivity contribution in [1.29, 1.82) is 0 Å². The van der Waals surface area contributed by atoms with Gasteiger partial charge in [-0.1, -0.05) is 23.2 Å². The quantitative estimate of drug-likeness (QED) is 0.605. The van der Waals surface area contributed by atoms with Gasteiger partial charge in [-0.25, -0.2) is 5.43 Å². The lowest BCUT2D eigenvalue weighted by Gasteiger charge is -2.14. The van der Waals surface area contributed by atoms with Crippen LogP contribution >= 0.6 is 23.2 Å². The number of amides is 1. The number of carbonyl (C=O) groups excluding carboxylic acids is 1. The summed E-state index contributed by atoms with van der Waals surface area (Å²) in [5, 5.41) is 4.84. The summed E-state index contributed by atoms with van der Waals surface area (Å²) in [6, 6.07) is 6.78. The first-order chi connectivity index (χ1) is 12.5. The Morgan fingerprint density at radius 3 is 2.92 bits per heavy atom. The van der Waals surface area contributed by atoms with Gasteiger partial charge in [-0.15, -0.1) is 0 Å². The molecule has 0 spiro atoms. The summed E-state index contributed by atoms with van der Waals surface area (Å²) in [5.41, 5.74) is 5.98. The van der Waals surface area contributed by atoms with Crippen LogP contribution in [0.2, 0.25) is 10.0 Å². The van der Waals surface area contributed by atoms with Gasteiger partial charge in [0.05, 0.1) is 22.9 Å². The average molecular weight is 394 g/mol. The van der Waals surface area contributed by atoms with E-state index in [0.29, 0.717) is 15.6 Å². The van der Waals surface area contributed by atoms with E-state index in [-0.39, 0.29) is 6.10 Å². The average Bonchev–Trinajstić information content (AvgIpc) is 3.21. The van der Waals surface area contributed by atoms with Gasteiger partial charge in [0.25, 0.3) is 5.91 Å². The predicted octanol–water partition coefficient (Wildman–Crippen LogP) is 4.35. The molecule has 0 radical (unpaired) electrons. The molecule has 1 aromatic heterocycles. The van der Waals surface area contributed by atoms with Gasteiger partial charge >= 0.3 is 0 Å². The minimum absolute atomic E-state index is 0.272. The van der Waals surface area contributed by atoms with Crippen LogP contribution in [0.4, 0.5) is 0 Å². The van der Waals surface area contributed by atoms with Crippen molar-refractivity contribution < 1.29 is 9.53 Å². The Kier molecular flexibility index (Phi) is 6.01. The first kappa shape index (κ1) is 19.0. The van der Waals surface area contributed by atoms with Crippen molar-refractivity contribution in [3.63, 3.8) is 0 Å². The molecule has 7 heteroatoms. The Morgan fingerprint density at radius 2 is 2.19 bits per heavy atom. The van der Waals surface area contributed by atoms with Crippen LogP contribution in [0.25, 0.3) is 0 Å². The van der Waals surface area contributed by atoms with Crippen molar-refractivity contribution in [3.05, 3.63) is 56.8 Å². The van der Waals surface area contributed by atoms with E-state index in [0.717, 1.165) is 42.9 Å². The van der Waals surface area contributed by atoms with Gasteiger partial charge in [0.2, 0.25) is 0 Å². The SMILES string of the molecule is Cc1cc(/C=N\NC(=O)c2cc(Cl)ccc2Cl)c(C)n1C[C@@H]1CCCO1. The van der Waals surface area contributed by atoms with Crippen LogP contribution in [0, 0.1) is 13.8 Å². The molecule has 1 N–H and O–H groups in total. The van der Waals surface area contributed by atoms with Crippen LogP contribution in [0.15, 0.2) is 29.4 Å². The molecule has 1 aliphatic rings. The van der Waals surface area contributed by atoms with Crippen molar-refractivity contribution in [2.45, 2.75) is 39.3 Å². The van der Waals surface area contributed by atoms with Crippen LogP contribution in [-0.4, -0.2) is 29.4 Å². The van der Waals surface area contributed by atoms with E-state index in [1.165, 1.54) is 6.07 Å². The Hall–Kier alpha value is -1.82. The molecule has 0 aliphatic carbocycles. The molecule has 0 bridgehead atoms. The number of nitrogens with zero attached hydrogens (tertiary/aromatic N) is 2. The number of benzene rings is 1. The van der Waals surface area contributed by atoms with E-state index >= 15 is 0 Å². The first-order valence-electron chi connectivity index (χ1n) is 8.52. The van der Waals surface area contributed by atoms with Crippen molar-refractivity contribution in [2.24, 2.45) is 5.10 Å². The first-order valence-corrected chi connectivity index (χ1v) is 9.28. The number of aryl methyl sites for hydroxylation is 1. The normalized spacial score (nSPS) is 17.2. The summed E-state index contributed by atoms with van der Waals surface area (Å²) in [4.78, 5) is 12.2. The van der Waals surface area contributed by atoms with E-state index in [1.54, 1.807) is 18.3 Å². The molecule has 1 aliphatic heterocycles. The Bertz CT molecular complexity index is 840. The number of aromatic nitrogens is 1. The number of nitrogens with one attached hydrogen (secondary N) is 1. The second-order valence-corrected chi connectivity index (χ2v) is 7.24. The second kappa shape index (κ2) is 8.25. The minimum Gasteiger partial charge on any atom is -0.376 e. The lowest BCUT2D eigenvalue weighted by molar-refractivity contribution is 0.0954. The summed E-state index contributed by atoms with van der Waals surface area (Å²) in [6.07, 6.45) is 4.13. The van der Waals surface area contributed by atoms with Crippen molar-refractivity contribution in [1.82, 2.24) is 9.99 Å². The number of hydrazone groups is 1. The van der Waals surface area contributed by atoms with Crippen LogP contribution in [0.1, 0.15) is 40.2 Å². The van der Waals surface area contributed by atoms with Gasteiger partial charge in [-0.3, -0.25) is 4.79 Å². The van der Waals surface area contributed by atoms with Crippen LogP contribution in [0.3, 0.4) is 0 Å². The summed E-state index contributed by atoms with van der Waals surface area (Å²) in [5.74, 6) is -0.401. The van der Waals surface area contributed by atoms with Crippen LogP contribution < -0.4 is 5.43 Å². The fraction of sp³-hybridized carbons (Fsp3) is 0.368. The lowest BCUT2D eigenvalue weighted by atomic mass is 10.2. The molecular formula is C19H21Cl2N3O2. The van der Waals surface area contributed by atoms with E-state index in [2.05, 4.69) is 22.0 Å². The van der Waals surface area contributed by atoms with Gasteiger partial charge in [-0.05, 0) is 51.0 Å². The molecule has 1 amide bonds. The molecule has 3 rings (SSSR count). The number of hydrogen-bond acceptors (Lipinski definition) is 3. The monoisotopic (exact) mass is 393 g/mol. The van der Waals surface area contributed by atoms with E-state index in [1.807, 2.05) is 13.0 Å². The summed E-state index contributed by atoms with van der Waals surface area (Å²) < 4.78 is 7.95. The lowest BCUT2D eigenvalue weighted by Crippen LogP contribution is -2.18. The van der Waals surface area contributed by atoms with Crippen LogP contribution in [-0.2, 0) is 11.3 Å². The molecule has 0 unspecified atom stereocenters. The molecule has 26 heavy (non-hydrogen) atoms. The maximum absolute atomic E-state index is 12.2. The highest BCUT2D eigenvalue weighted by Gasteiger charge is 2.18. The summed E-state index contributed by atoms with van der Waals surface area (Å²) >= 11 is 11.9. The third-order valence-corrected chi connectivity index (χ3v) is 5.13. The molecule has 138 valence electrons. The topological polar surface area (TPSA) is 55.6 Å². The molecule has 1 atom stereocenters. The summed E-state index contributed by atoms with van der Waals surface area (Å²) in [7, 11) is 0. The van der Waals surface area contributed by atoms with E-state index in [4.69, 9.17) is 27.9 Å². The molecule has 1 fully saturated rings. The van der Waals surface area contributed by atoms with E-state index < -0.39 is 5.91 Å². The predicted molar refractivity (Wildman–Crippen MR) is 104 cm³/mol. The maximum atomic E-state index is 12.2. The number of rotatable bonds is 5. The third-order valence-electron chi connectivity index (χ3n) is 4.57. The third kappa shape index (κ3) is 4.29. The molecular weight excluding hydrogens is 373 g/mol. The van der Waals surface area contributed by atoms with Gasteiger partial charge < -0.3 is 9.30 Å². The molecule has 1 aromatic carbocycles. The maximum Gasteiger partial charge on any atom is 0.272 e. The number of ether oxygens (including phenoxy) is 1. The van der Waals surface area contributed by atoms with Crippen molar-refractivity contribution >= 4 is 35.3 Å². The fourth-order valence-corrected chi connectivity index (χ4v) is 3.50. The molecule has 2 aromatic rings. The van der Waals surface area contributed by atoms with Crippen LogP contribution in [0.5, 0.6) is 0 Å². The van der Waals surface area contributed by atoms with Gasteiger partial charge in [0.15, 0.2) is 0 Å². The zero-order chi connectivity index (χ0) is 18.7. The molecule has 1 saturated heterocycles. The molecule has 0 saturated carbocycles. The standard InChI is InChI=1S/C19H21Cl2N3O2/c1-12-8-14(13(2)24(12)11-16-4-3-7-26-16)10-22-23-19(25)17-9-15(20)5-6-18(17)21/h5-6,8-10,16H,3-4,7,11H2,1-2H3,(H,23,25)/b22-10-/t16-/m0/s1. The van der Waals surface area contributed by atoms with Crippen molar-refractivity contribution in [3.8, 4) is 0 Å². The largest absolute Gasteiger partial charge is 0.376 e. The van der Waals surface area contributed by atoms with E-state index in [9.17, 15) is 4.79 Å². The molecule has 5 nitrogen and oxygen atoms in total. The summed E-state index contributed by atoms with van der Waals surface area (Å²) in [6.45, 7) is 5.79. The Morgan fingerprint density at radius 1 is 1.38 bits per heavy atom. The number of halogens is 2. The fourth-order valence-electron chi connectivity index (χ4n) is 3.12.